The number of hydrogen-bond donors (Lipinski definition) is 0. The van der Waals surface area contributed by atoms with Gasteiger partial charge in [-0.1, -0.05) is 13.8 Å². The number of carbonyl (C=O) groups is 2. The fourth-order valence-corrected chi connectivity index (χ4v) is 0.756. The summed E-state index contributed by atoms with van der Waals surface area (Å²) in [7, 11) is 0. The van der Waals surface area contributed by atoms with Crippen molar-refractivity contribution in [1.29, 1.82) is 0 Å². The lowest BCUT2D eigenvalue weighted by Crippen LogP contribution is -2.17. The van der Waals surface area contributed by atoms with Gasteiger partial charge in [0.1, 0.15) is 18.8 Å². The van der Waals surface area contributed by atoms with Gasteiger partial charge in [-0.2, -0.15) is 0 Å². The van der Waals surface area contributed by atoms with E-state index in [9.17, 15) is 9.59 Å². The second-order valence-corrected chi connectivity index (χ2v) is 3.22. The summed E-state index contributed by atoms with van der Waals surface area (Å²) in [4.78, 5) is 22.1. The maximum absolute atomic E-state index is 11.1. The Hall–Kier alpha value is -0.900. The van der Waals surface area contributed by atoms with Crippen LogP contribution >= 0.6 is 0 Å². The minimum Gasteiger partial charge on any atom is -0.463 e. The first-order valence-corrected chi connectivity index (χ1v) is 4.84. The topological polar surface area (TPSA) is 52.6 Å². The lowest BCUT2D eigenvalue weighted by Gasteiger charge is -2.05. The van der Waals surface area contributed by atoms with Crippen molar-refractivity contribution in [2.24, 2.45) is 5.92 Å². The molecule has 0 aromatic rings. The standard InChI is InChI=1S/C10H18O4/c1-4-13-5-6-14-10(12)7-9(11)8(2)3/h8H,4-7H2,1-3H3. The summed E-state index contributed by atoms with van der Waals surface area (Å²) in [6.45, 7) is 6.59. The Morgan fingerprint density at radius 1 is 1.21 bits per heavy atom. The molecule has 0 aliphatic rings. The number of hydrogen-bond acceptors (Lipinski definition) is 4. The highest BCUT2D eigenvalue weighted by Crippen LogP contribution is 1.99. The van der Waals surface area contributed by atoms with Gasteiger partial charge in [-0.15, -0.1) is 0 Å². The molecule has 0 fully saturated rings. The molecule has 82 valence electrons. The van der Waals surface area contributed by atoms with Gasteiger partial charge in [0.2, 0.25) is 0 Å². The summed E-state index contributed by atoms with van der Waals surface area (Å²) in [6.07, 6.45) is -0.135. The van der Waals surface area contributed by atoms with Crippen molar-refractivity contribution < 1.29 is 19.1 Å². The van der Waals surface area contributed by atoms with Crippen molar-refractivity contribution in [2.45, 2.75) is 27.2 Å². The van der Waals surface area contributed by atoms with E-state index < -0.39 is 5.97 Å². The normalized spacial score (nSPS) is 10.3. The molecule has 0 bridgehead atoms. The van der Waals surface area contributed by atoms with E-state index in [0.29, 0.717) is 13.2 Å². The van der Waals surface area contributed by atoms with Gasteiger partial charge in [0, 0.05) is 12.5 Å². The Balaban J connectivity index is 3.51. The van der Waals surface area contributed by atoms with Gasteiger partial charge in [-0.25, -0.2) is 0 Å². The molecule has 0 saturated carbocycles. The Kier molecular flexibility index (Phi) is 7.02. The van der Waals surface area contributed by atoms with Gasteiger partial charge in [0.25, 0.3) is 0 Å². The summed E-state index contributed by atoms with van der Waals surface area (Å²) in [5, 5.41) is 0. The summed E-state index contributed by atoms with van der Waals surface area (Å²) in [5.41, 5.74) is 0. The van der Waals surface area contributed by atoms with Crippen molar-refractivity contribution >= 4 is 11.8 Å². The predicted octanol–water partition coefficient (Wildman–Crippen LogP) is 1.18. The highest BCUT2D eigenvalue weighted by molar-refractivity contribution is 5.96. The van der Waals surface area contributed by atoms with Gasteiger partial charge in [0.05, 0.1) is 6.61 Å². The molecule has 0 aliphatic heterocycles. The quantitative estimate of drug-likeness (QED) is 0.353. The van der Waals surface area contributed by atoms with Crippen molar-refractivity contribution in [1.82, 2.24) is 0 Å². The third-order valence-electron chi connectivity index (χ3n) is 1.66. The SMILES string of the molecule is CCOCCOC(=O)CC(=O)C(C)C. The number of ether oxygens (including phenoxy) is 2. The van der Waals surface area contributed by atoms with Gasteiger partial charge in [0.15, 0.2) is 0 Å². The first-order chi connectivity index (χ1) is 6.57. The summed E-state index contributed by atoms with van der Waals surface area (Å²) in [5.74, 6) is -0.677. The highest BCUT2D eigenvalue weighted by atomic mass is 16.6. The van der Waals surface area contributed by atoms with Crippen LogP contribution in [0.4, 0.5) is 0 Å². The van der Waals surface area contributed by atoms with Crippen molar-refractivity contribution in [3.8, 4) is 0 Å². The van der Waals surface area contributed by atoms with Gasteiger partial charge in [-0.05, 0) is 6.92 Å². The van der Waals surface area contributed by atoms with Crippen LogP contribution in [-0.2, 0) is 19.1 Å². The van der Waals surface area contributed by atoms with Crippen molar-refractivity contribution in [3.05, 3.63) is 0 Å². The molecule has 14 heavy (non-hydrogen) atoms. The number of rotatable bonds is 7. The van der Waals surface area contributed by atoms with Crippen LogP contribution in [0.1, 0.15) is 27.2 Å². The lowest BCUT2D eigenvalue weighted by atomic mass is 10.1. The van der Waals surface area contributed by atoms with Gasteiger partial charge in [-0.3, -0.25) is 9.59 Å². The average Bonchev–Trinajstić information content (AvgIpc) is 2.12. The Labute approximate surface area is 84.6 Å². The third-order valence-corrected chi connectivity index (χ3v) is 1.66. The largest absolute Gasteiger partial charge is 0.463 e. The molecule has 0 rings (SSSR count). The summed E-state index contributed by atoms with van der Waals surface area (Å²) >= 11 is 0. The molecule has 4 heteroatoms. The molecule has 0 heterocycles. The van der Waals surface area contributed by atoms with Gasteiger partial charge >= 0.3 is 5.97 Å². The van der Waals surface area contributed by atoms with Gasteiger partial charge < -0.3 is 9.47 Å². The van der Waals surface area contributed by atoms with Crippen molar-refractivity contribution in [2.75, 3.05) is 19.8 Å². The maximum atomic E-state index is 11.1. The van der Waals surface area contributed by atoms with E-state index in [1.165, 1.54) is 0 Å². The van der Waals surface area contributed by atoms with Crippen LogP contribution in [0.5, 0.6) is 0 Å². The summed E-state index contributed by atoms with van der Waals surface area (Å²) < 4.78 is 9.75. The Morgan fingerprint density at radius 2 is 1.86 bits per heavy atom. The maximum Gasteiger partial charge on any atom is 0.313 e. The predicted molar refractivity (Wildman–Crippen MR) is 51.9 cm³/mol. The van der Waals surface area contributed by atoms with Crippen LogP contribution < -0.4 is 0 Å². The zero-order chi connectivity index (χ0) is 11.0. The fourth-order valence-electron chi connectivity index (χ4n) is 0.756. The zero-order valence-corrected chi connectivity index (χ0v) is 9.04. The molecule has 0 radical (unpaired) electrons. The Morgan fingerprint density at radius 3 is 2.36 bits per heavy atom. The van der Waals surface area contributed by atoms with Crippen LogP contribution in [0, 0.1) is 5.92 Å². The molecule has 4 nitrogen and oxygen atoms in total. The van der Waals surface area contributed by atoms with Crippen LogP contribution in [0.2, 0.25) is 0 Å². The number of Topliss-reactive ketones (excluding diaryl/α,β-unsaturated/α-hetero) is 1. The number of carbonyl (C=O) groups excluding carboxylic acids is 2. The van der Waals surface area contributed by atoms with E-state index in [1.807, 2.05) is 6.92 Å². The molecule has 0 atom stereocenters. The molecule has 0 aliphatic carbocycles. The van der Waals surface area contributed by atoms with E-state index in [1.54, 1.807) is 13.8 Å². The molecule has 0 unspecified atom stereocenters. The number of ketones is 1. The highest BCUT2D eigenvalue weighted by Gasteiger charge is 2.13. The Bertz CT molecular complexity index is 187. The van der Waals surface area contributed by atoms with E-state index in [-0.39, 0.29) is 24.7 Å². The van der Waals surface area contributed by atoms with E-state index in [4.69, 9.17) is 9.47 Å². The fraction of sp³-hybridized carbons (Fsp3) is 0.800. The first kappa shape index (κ1) is 13.1. The third kappa shape index (κ3) is 6.60. The second-order valence-electron chi connectivity index (χ2n) is 3.22. The van der Waals surface area contributed by atoms with Crippen LogP contribution in [0.15, 0.2) is 0 Å². The van der Waals surface area contributed by atoms with Crippen molar-refractivity contribution in [3.63, 3.8) is 0 Å². The van der Waals surface area contributed by atoms with Crippen LogP contribution in [0.3, 0.4) is 0 Å². The molecular weight excluding hydrogens is 184 g/mol. The van der Waals surface area contributed by atoms with E-state index in [0.717, 1.165) is 0 Å². The van der Waals surface area contributed by atoms with E-state index in [2.05, 4.69) is 0 Å². The monoisotopic (exact) mass is 202 g/mol. The number of esters is 1. The summed E-state index contributed by atoms with van der Waals surface area (Å²) in [6, 6.07) is 0. The first-order valence-electron chi connectivity index (χ1n) is 4.84. The lowest BCUT2D eigenvalue weighted by molar-refractivity contribution is -0.147. The smallest absolute Gasteiger partial charge is 0.313 e. The average molecular weight is 202 g/mol. The second kappa shape index (κ2) is 7.50. The van der Waals surface area contributed by atoms with E-state index >= 15 is 0 Å². The minimum absolute atomic E-state index is 0.0913. The molecule has 0 N–H and O–H groups in total. The van der Waals surface area contributed by atoms with Crippen LogP contribution in [-0.4, -0.2) is 31.6 Å². The molecule has 0 amide bonds. The molecule has 0 spiro atoms. The van der Waals surface area contributed by atoms with Crippen LogP contribution in [0.25, 0.3) is 0 Å². The molecule has 0 aromatic heterocycles. The zero-order valence-electron chi connectivity index (χ0n) is 9.04. The molecular formula is C10H18O4. The molecule has 0 saturated heterocycles. The minimum atomic E-state index is -0.469. The molecule has 0 aromatic carbocycles.